The normalized spacial score (nSPS) is 11.5. The molecule has 0 spiro atoms. The van der Waals surface area contributed by atoms with Crippen molar-refractivity contribution >= 4 is 0 Å². The van der Waals surface area contributed by atoms with Crippen molar-refractivity contribution in [2.45, 2.75) is 6.18 Å². The molecule has 0 aliphatic heterocycles. The number of hydrogen-bond acceptors (Lipinski definition) is 4. The summed E-state index contributed by atoms with van der Waals surface area (Å²) < 4.78 is 38.0. The van der Waals surface area contributed by atoms with Gasteiger partial charge in [0.25, 0.3) is 0 Å². The molecule has 18 heavy (non-hydrogen) atoms. The Morgan fingerprint density at radius 3 is 2.56 bits per heavy atom. The van der Waals surface area contributed by atoms with E-state index in [1.807, 2.05) is 4.98 Å². The summed E-state index contributed by atoms with van der Waals surface area (Å²) in [4.78, 5) is 30.4. The Bertz CT molecular complexity index is 689. The minimum atomic E-state index is -4.62. The molecule has 94 valence electrons. The highest BCUT2D eigenvalue weighted by atomic mass is 19.4. The van der Waals surface area contributed by atoms with Gasteiger partial charge >= 0.3 is 17.6 Å². The first-order chi connectivity index (χ1) is 8.38. The number of alkyl halides is 3. The van der Waals surface area contributed by atoms with E-state index in [0.717, 1.165) is 18.5 Å². The highest BCUT2D eigenvalue weighted by molar-refractivity contribution is 5.24. The monoisotopic (exact) mass is 258 g/mol. The number of nitrogens with one attached hydrogen (secondary N) is 1. The molecule has 0 amide bonds. The van der Waals surface area contributed by atoms with Gasteiger partial charge in [0.2, 0.25) is 0 Å². The molecule has 6 nitrogen and oxygen atoms in total. The summed E-state index contributed by atoms with van der Waals surface area (Å²) >= 11 is 0. The van der Waals surface area contributed by atoms with E-state index < -0.39 is 23.2 Å². The third-order valence-corrected chi connectivity index (χ3v) is 1.99. The van der Waals surface area contributed by atoms with Gasteiger partial charge in [0.05, 0.1) is 0 Å². The zero-order valence-corrected chi connectivity index (χ0v) is 8.60. The van der Waals surface area contributed by atoms with E-state index in [-0.39, 0.29) is 5.82 Å². The first-order valence-corrected chi connectivity index (χ1v) is 4.60. The minimum Gasteiger partial charge on any atom is -0.257 e. The fourth-order valence-electron chi connectivity index (χ4n) is 1.23. The second-order valence-corrected chi connectivity index (χ2v) is 3.23. The Morgan fingerprint density at radius 2 is 1.94 bits per heavy atom. The van der Waals surface area contributed by atoms with Crippen LogP contribution >= 0.6 is 0 Å². The molecule has 0 atom stereocenters. The van der Waals surface area contributed by atoms with Crippen molar-refractivity contribution in [2.24, 2.45) is 0 Å². The van der Waals surface area contributed by atoms with Crippen LogP contribution in [-0.4, -0.2) is 19.5 Å². The predicted molar refractivity (Wildman–Crippen MR) is 53.3 cm³/mol. The van der Waals surface area contributed by atoms with Crippen LogP contribution in [0.5, 0.6) is 0 Å². The van der Waals surface area contributed by atoms with E-state index in [1.54, 1.807) is 0 Å². The largest absolute Gasteiger partial charge is 0.433 e. The molecule has 0 aromatic carbocycles. The van der Waals surface area contributed by atoms with Gasteiger partial charge in [-0.3, -0.25) is 4.98 Å². The van der Waals surface area contributed by atoms with Crippen LogP contribution in [0.3, 0.4) is 0 Å². The molecule has 9 heteroatoms. The smallest absolute Gasteiger partial charge is 0.257 e. The topological polar surface area (TPSA) is 80.6 Å². The first-order valence-electron chi connectivity index (χ1n) is 4.60. The first kappa shape index (κ1) is 12.0. The van der Waals surface area contributed by atoms with Crippen LogP contribution in [0, 0.1) is 0 Å². The maximum atomic E-state index is 12.4. The lowest BCUT2D eigenvalue weighted by Crippen LogP contribution is -2.30. The zero-order chi connectivity index (χ0) is 13.3. The van der Waals surface area contributed by atoms with Gasteiger partial charge in [0.1, 0.15) is 17.8 Å². The van der Waals surface area contributed by atoms with Crippen LogP contribution < -0.4 is 11.4 Å². The Hall–Kier alpha value is -2.45. The summed E-state index contributed by atoms with van der Waals surface area (Å²) in [5.74, 6) is -0.279. The highest BCUT2D eigenvalue weighted by Crippen LogP contribution is 2.27. The maximum Gasteiger partial charge on any atom is 0.433 e. The SMILES string of the molecule is O=c1ncn(-c2cccc(C(F)(F)F)n2)c(=O)[nH]1. The summed E-state index contributed by atoms with van der Waals surface area (Å²) in [6, 6.07) is 3.06. The van der Waals surface area contributed by atoms with Gasteiger partial charge in [-0.2, -0.15) is 18.2 Å². The summed E-state index contributed by atoms with van der Waals surface area (Å²) in [5.41, 5.74) is -2.94. The fourth-order valence-corrected chi connectivity index (χ4v) is 1.23. The summed E-state index contributed by atoms with van der Waals surface area (Å²) in [6.07, 6.45) is -3.81. The molecule has 0 unspecified atom stereocenters. The van der Waals surface area contributed by atoms with E-state index in [2.05, 4.69) is 9.97 Å². The molecule has 2 rings (SSSR count). The molecular formula is C9H5F3N4O2. The van der Waals surface area contributed by atoms with Crippen molar-refractivity contribution in [3.63, 3.8) is 0 Å². The van der Waals surface area contributed by atoms with Crippen LogP contribution in [0.4, 0.5) is 13.2 Å². The van der Waals surface area contributed by atoms with Crippen LogP contribution in [0.1, 0.15) is 5.69 Å². The van der Waals surface area contributed by atoms with Crippen molar-refractivity contribution in [3.8, 4) is 5.82 Å². The van der Waals surface area contributed by atoms with Gasteiger partial charge in [0, 0.05) is 0 Å². The van der Waals surface area contributed by atoms with Crippen molar-refractivity contribution in [1.29, 1.82) is 0 Å². The molecule has 0 saturated carbocycles. The molecule has 0 saturated heterocycles. The van der Waals surface area contributed by atoms with Gasteiger partial charge in [-0.05, 0) is 12.1 Å². The number of hydrogen-bond donors (Lipinski definition) is 1. The predicted octanol–water partition coefficient (Wildman–Crippen LogP) is 0.335. The quantitative estimate of drug-likeness (QED) is 0.799. The minimum absolute atomic E-state index is 0.279. The third-order valence-electron chi connectivity index (χ3n) is 1.99. The van der Waals surface area contributed by atoms with E-state index in [0.29, 0.717) is 4.57 Å². The van der Waals surface area contributed by atoms with Crippen LogP contribution in [0.25, 0.3) is 5.82 Å². The van der Waals surface area contributed by atoms with E-state index in [9.17, 15) is 22.8 Å². The number of rotatable bonds is 1. The van der Waals surface area contributed by atoms with Crippen LogP contribution in [0.15, 0.2) is 34.1 Å². The Kier molecular flexibility index (Phi) is 2.73. The van der Waals surface area contributed by atoms with Gasteiger partial charge in [-0.25, -0.2) is 19.1 Å². The lowest BCUT2D eigenvalue weighted by Gasteiger charge is -2.08. The number of H-pyrrole nitrogens is 1. The Morgan fingerprint density at radius 1 is 1.22 bits per heavy atom. The lowest BCUT2D eigenvalue weighted by molar-refractivity contribution is -0.141. The molecule has 1 N–H and O–H groups in total. The second-order valence-electron chi connectivity index (χ2n) is 3.23. The highest BCUT2D eigenvalue weighted by Gasteiger charge is 2.32. The fraction of sp³-hybridized carbons (Fsp3) is 0.111. The summed E-state index contributed by atoms with van der Waals surface area (Å²) in [7, 11) is 0. The molecule has 0 bridgehead atoms. The molecular weight excluding hydrogens is 253 g/mol. The van der Waals surface area contributed by atoms with Gasteiger partial charge in [-0.15, -0.1) is 0 Å². The van der Waals surface area contributed by atoms with Crippen LogP contribution in [-0.2, 0) is 6.18 Å². The van der Waals surface area contributed by atoms with E-state index in [4.69, 9.17) is 0 Å². The van der Waals surface area contributed by atoms with Gasteiger partial charge < -0.3 is 0 Å². The number of pyridine rings is 1. The van der Waals surface area contributed by atoms with Crippen molar-refractivity contribution in [3.05, 3.63) is 51.2 Å². The number of aromatic nitrogens is 4. The molecule has 0 radical (unpaired) electrons. The van der Waals surface area contributed by atoms with E-state index in [1.165, 1.54) is 6.07 Å². The number of nitrogens with zero attached hydrogens (tertiary/aromatic N) is 3. The molecule has 0 aliphatic rings. The number of aromatic amines is 1. The lowest BCUT2D eigenvalue weighted by atomic mass is 10.3. The van der Waals surface area contributed by atoms with E-state index >= 15 is 0 Å². The second kappa shape index (κ2) is 4.09. The molecule has 2 aromatic rings. The van der Waals surface area contributed by atoms with Crippen molar-refractivity contribution in [1.82, 2.24) is 19.5 Å². The van der Waals surface area contributed by atoms with Crippen molar-refractivity contribution in [2.75, 3.05) is 0 Å². The van der Waals surface area contributed by atoms with Crippen LogP contribution in [0.2, 0.25) is 0 Å². The maximum absolute atomic E-state index is 12.4. The third kappa shape index (κ3) is 2.29. The standard InChI is InChI=1S/C9H5F3N4O2/c10-9(11,12)5-2-1-3-6(14-5)16-4-13-7(17)15-8(16)18/h1-4H,(H,15,17,18). The molecule has 0 aliphatic carbocycles. The van der Waals surface area contributed by atoms with Gasteiger partial charge in [0.15, 0.2) is 0 Å². The Balaban J connectivity index is 2.58. The zero-order valence-electron chi connectivity index (χ0n) is 8.60. The van der Waals surface area contributed by atoms with Gasteiger partial charge in [-0.1, -0.05) is 6.07 Å². The number of halogens is 3. The molecule has 2 heterocycles. The molecule has 2 aromatic heterocycles. The average Bonchev–Trinajstić information content (AvgIpc) is 2.28. The van der Waals surface area contributed by atoms with Crippen molar-refractivity contribution < 1.29 is 13.2 Å². The average molecular weight is 258 g/mol. The summed E-state index contributed by atoms with van der Waals surface area (Å²) in [5, 5.41) is 0. The Labute approximate surface area is 96.8 Å². The molecule has 0 fully saturated rings. The summed E-state index contributed by atoms with van der Waals surface area (Å²) in [6.45, 7) is 0.